The molecular weight excluding hydrogens is 270 g/mol. The molecule has 0 radical (unpaired) electrons. The molecule has 0 N–H and O–H groups in total. The Bertz CT molecular complexity index is 823. The lowest BCUT2D eigenvalue weighted by Gasteiger charge is -2.19. The van der Waals surface area contributed by atoms with E-state index >= 15 is 0 Å². The number of aromatic nitrogens is 5. The standard InChI is InChI=1S/C14H15N5O2/c1-18-12(4-6-17-18)13(8-21-2)19-9-16-11-3-5-15-7-10(11)14(19)20/h3-7,9,13H,8H2,1-2H3. The Balaban J connectivity index is 2.18. The van der Waals surface area contributed by atoms with Crippen molar-refractivity contribution in [2.75, 3.05) is 13.7 Å². The van der Waals surface area contributed by atoms with Gasteiger partial charge in [-0.05, 0) is 12.1 Å². The van der Waals surface area contributed by atoms with Gasteiger partial charge in [0.15, 0.2) is 0 Å². The highest BCUT2D eigenvalue weighted by Crippen LogP contribution is 2.17. The summed E-state index contributed by atoms with van der Waals surface area (Å²) in [6, 6.07) is 3.30. The van der Waals surface area contributed by atoms with Gasteiger partial charge in [-0.1, -0.05) is 0 Å². The molecule has 3 aromatic heterocycles. The molecule has 0 aliphatic rings. The first-order valence-electron chi connectivity index (χ1n) is 6.50. The van der Waals surface area contributed by atoms with E-state index < -0.39 is 0 Å². The Labute approximate surface area is 120 Å². The SMILES string of the molecule is COCC(c1ccnn1C)n1cnc2ccncc2c1=O. The fraction of sp³-hybridized carbons (Fsp3) is 0.286. The van der Waals surface area contributed by atoms with Crippen LogP contribution in [0.2, 0.25) is 0 Å². The molecule has 0 saturated heterocycles. The van der Waals surface area contributed by atoms with Crippen molar-refractivity contribution >= 4 is 10.9 Å². The predicted octanol–water partition coefficient (Wildman–Crippen LogP) is 0.761. The number of fused-ring (bicyclic) bond motifs is 1. The van der Waals surface area contributed by atoms with Gasteiger partial charge in [0.25, 0.3) is 5.56 Å². The highest BCUT2D eigenvalue weighted by molar-refractivity contribution is 5.75. The average molecular weight is 285 g/mol. The summed E-state index contributed by atoms with van der Waals surface area (Å²) in [5.41, 5.74) is 1.37. The molecule has 0 amide bonds. The first-order chi connectivity index (χ1) is 10.2. The van der Waals surface area contributed by atoms with Crippen molar-refractivity contribution in [1.29, 1.82) is 0 Å². The molecule has 0 fully saturated rings. The van der Waals surface area contributed by atoms with E-state index in [-0.39, 0.29) is 11.6 Å². The Hall–Kier alpha value is -2.54. The average Bonchev–Trinajstić information content (AvgIpc) is 2.92. The molecular formula is C14H15N5O2. The topological polar surface area (TPSA) is 74.8 Å². The summed E-state index contributed by atoms with van der Waals surface area (Å²) in [7, 11) is 3.43. The number of ether oxygens (including phenoxy) is 1. The molecule has 0 aromatic carbocycles. The first-order valence-corrected chi connectivity index (χ1v) is 6.50. The molecule has 7 nitrogen and oxygen atoms in total. The van der Waals surface area contributed by atoms with Crippen LogP contribution in [-0.4, -0.2) is 38.0 Å². The molecule has 3 heterocycles. The van der Waals surface area contributed by atoms with Crippen molar-refractivity contribution in [3.8, 4) is 0 Å². The largest absolute Gasteiger partial charge is 0.382 e. The van der Waals surface area contributed by atoms with Gasteiger partial charge in [-0.25, -0.2) is 4.98 Å². The summed E-state index contributed by atoms with van der Waals surface area (Å²) in [4.78, 5) is 21.0. The number of pyridine rings is 1. The van der Waals surface area contributed by atoms with Crippen molar-refractivity contribution in [2.24, 2.45) is 7.05 Å². The van der Waals surface area contributed by atoms with Crippen LogP contribution < -0.4 is 5.56 Å². The third kappa shape index (κ3) is 2.31. The van der Waals surface area contributed by atoms with Gasteiger partial charge in [0.1, 0.15) is 6.04 Å². The second kappa shape index (κ2) is 5.45. The zero-order valence-corrected chi connectivity index (χ0v) is 11.8. The first kappa shape index (κ1) is 13.4. The second-order valence-corrected chi connectivity index (χ2v) is 4.70. The van der Waals surface area contributed by atoms with Crippen molar-refractivity contribution in [3.63, 3.8) is 0 Å². The quantitative estimate of drug-likeness (QED) is 0.707. The highest BCUT2D eigenvalue weighted by Gasteiger charge is 2.19. The lowest BCUT2D eigenvalue weighted by Crippen LogP contribution is -2.30. The number of nitrogens with zero attached hydrogens (tertiary/aromatic N) is 5. The van der Waals surface area contributed by atoms with Crippen LogP contribution >= 0.6 is 0 Å². The molecule has 108 valence electrons. The fourth-order valence-corrected chi connectivity index (χ4v) is 2.38. The summed E-state index contributed by atoms with van der Waals surface area (Å²) in [6.45, 7) is 0.354. The van der Waals surface area contributed by atoms with Crippen LogP contribution in [-0.2, 0) is 11.8 Å². The molecule has 21 heavy (non-hydrogen) atoms. The van der Waals surface area contributed by atoms with Crippen molar-refractivity contribution in [2.45, 2.75) is 6.04 Å². The van der Waals surface area contributed by atoms with Crippen LogP contribution in [0.5, 0.6) is 0 Å². The number of aryl methyl sites for hydroxylation is 1. The molecule has 1 unspecified atom stereocenters. The fourth-order valence-electron chi connectivity index (χ4n) is 2.38. The van der Waals surface area contributed by atoms with Crippen molar-refractivity contribution in [1.82, 2.24) is 24.3 Å². The molecule has 0 spiro atoms. The van der Waals surface area contributed by atoms with Gasteiger partial charge < -0.3 is 4.74 Å². The van der Waals surface area contributed by atoms with E-state index in [2.05, 4.69) is 15.1 Å². The van der Waals surface area contributed by atoms with Gasteiger partial charge >= 0.3 is 0 Å². The number of rotatable bonds is 4. The summed E-state index contributed by atoms with van der Waals surface area (Å²) in [5.74, 6) is 0. The second-order valence-electron chi connectivity index (χ2n) is 4.70. The van der Waals surface area contributed by atoms with E-state index in [1.54, 1.807) is 41.1 Å². The summed E-state index contributed by atoms with van der Waals surface area (Å²) in [5, 5.41) is 4.64. The highest BCUT2D eigenvalue weighted by atomic mass is 16.5. The van der Waals surface area contributed by atoms with Crippen LogP contribution in [0.3, 0.4) is 0 Å². The molecule has 3 rings (SSSR count). The summed E-state index contributed by atoms with van der Waals surface area (Å²) >= 11 is 0. The zero-order valence-electron chi connectivity index (χ0n) is 11.8. The maximum atomic E-state index is 12.6. The Kier molecular flexibility index (Phi) is 3.49. The molecule has 1 atom stereocenters. The monoisotopic (exact) mass is 285 g/mol. The van der Waals surface area contributed by atoms with E-state index in [1.165, 1.54) is 6.20 Å². The number of methoxy groups -OCH3 is 1. The maximum absolute atomic E-state index is 12.6. The van der Waals surface area contributed by atoms with Crippen molar-refractivity contribution < 1.29 is 4.74 Å². The molecule has 0 aliphatic heterocycles. The van der Waals surface area contributed by atoms with Crippen LogP contribution in [0, 0.1) is 0 Å². The maximum Gasteiger partial charge on any atom is 0.263 e. The molecule has 7 heteroatoms. The minimum absolute atomic E-state index is 0.142. The van der Waals surface area contributed by atoms with Crippen molar-refractivity contribution in [3.05, 3.63) is 53.1 Å². The smallest absolute Gasteiger partial charge is 0.263 e. The normalized spacial score (nSPS) is 12.7. The number of hydrogen-bond acceptors (Lipinski definition) is 5. The lowest BCUT2D eigenvalue weighted by molar-refractivity contribution is 0.164. The van der Waals surface area contributed by atoms with Gasteiger partial charge in [-0.2, -0.15) is 5.10 Å². The van der Waals surface area contributed by atoms with Crippen LogP contribution in [0.4, 0.5) is 0 Å². The van der Waals surface area contributed by atoms with Gasteiger partial charge in [-0.3, -0.25) is 19.0 Å². The van der Waals surface area contributed by atoms with Crippen LogP contribution in [0.25, 0.3) is 10.9 Å². The van der Waals surface area contributed by atoms with E-state index in [0.29, 0.717) is 17.5 Å². The van der Waals surface area contributed by atoms with Gasteiger partial charge in [0.05, 0.1) is 29.5 Å². The predicted molar refractivity (Wildman–Crippen MR) is 77.0 cm³/mol. The van der Waals surface area contributed by atoms with Gasteiger partial charge in [0, 0.05) is 32.7 Å². The van der Waals surface area contributed by atoms with Crippen LogP contribution in [0.15, 0.2) is 41.8 Å². The molecule has 0 aliphatic carbocycles. The Morgan fingerprint density at radius 3 is 2.90 bits per heavy atom. The molecule has 0 saturated carbocycles. The summed E-state index contributed by atoms with van der Waals surface area (Å²) < 4.78 is 8.55. The molecule has 3 aromatic rings. The van der Waals surface area contributed by atoms with E-state index in [1.807, 2.05) is 13.1 Å². The van der Waals surface area contributed by atoms with Gasteiger partial charge in [-0.15, -0.1) is 0 Å². The van der Waals surface area contributed by atoms with Crippen LogP contribution in [0.1, 0.15) is 11.7 Å². The minimum atomic E-state index is -0.285. The lowest BCUT2D eigenvalue weighted by atomic mass is 10.2. The number of hydrogen-bond donors (Lipinski definition) is 0. The van der Waals surface area contributed by atoms with E-state index in [4.69, 9.17) is 4.74 Å². The Morgan fingerprint density at radius 2 is 2.19 bits per heavy atom. The third-order valence-corrected chi connectivity index (χ3v) is 3.44. The van der Waals surface area contributed by atoms with E-state index in [9.17, 15) is 4.79 Å². The van der Waals surface area contributed by atoms with E-state index in [0.717, 1.165) is 5.69 Å². The Morgan fingerprint density at radius 1 is 1.33 bits per heavy atom. The third-order valence-electron chi connectivity index (χ3n) is 3.44. The van der Waals surface area contributed by atoms with Gasteiger partial charge in [0.2, 0.25) is 0 Å². The summed E-state index contributed by atoms with van der Waals surface area (Å²) in [6.07, 6.45) is 6.39. The zero-order chi connectivity index (χ0) is 14.8. The minimum Gasteiger partial charge on any atom is -0.382 e. The molecule has 0 bridgehead atoms.